The lowest BCUT2D eigenvalue weighted by atomic mass is 9.99. The summed E-state index contributed by atoms with van der Waals surface area (Å²) < 4.78 is 25.9. The van der Waals surface area contributed by atoms with Crippen LogP contribution in [-0.2, 0) is 6.54 Å². The fourth-order valence-corrected chi connectivity index (χ4v) is 2.02. The van der Waals surface area contributed by atoms with Crippen molar-refractivity contribution in [3.8, 4) is 0 Å². The van der Waals surface area contributed by atoms with Crippen molar-refractivity contribution in [3.05, 3.63) is 65.2 Å². The summed E-state index contributed by atoms with van der Waals surface area (Å²) in [5.41, 5.74) is 3.00. The molecule has 106 valence electrons. The molecule has 0 aliphatic rings. The summed E-state index contributed by atoms with van der Waals surface area (Å²) in [4.78, 5) is 0. The van der Waals surface area contributed by atoms with Crippen LogP contribution in [0, 0.1) is 11.6 Å². The fraction of sp³-hybridized carbons (Fsp3) is 0.294. The maximum absolute atomic E-state index is 13.1. The zero-order chi connectivity index (χ0) is 14.5. The molecule has 2 aromatic carbocycles. The van der Waals surface area contributed by atoms with Crippen molar-refractivity contribution in [2.75, 3.05) is 5.32 Å². The van der Waals surface area contributed by atoms with Crippen LogP contribution in [0.1, 0.15) is 37.3 Å². The van der Waals surface area contributed by atoms with Crippen LogP contribution in [0.2, 0.25) is 0 Å². The molecule has 1 unspecified atom stereocenters. The molecule has 1 nitrogen and oxygen atoms in total. The van der Waals surface area contributed by atoms with E-state index in [1.807, 2.05) is 12.1 Å². The van der Waals surface area contributed by atoms with Crippen LogP contribution in [0.25, 0.3) is 0 Å². The van der Waals surface area contributed by atoms with E-state index in [4.69, 9.17) is 0 Å². The van der Waals surface area contributed by atoms with Gasteiger partial charge in [-0.05, 0) is 47.7 Å². The molecule has 20 heavy (non-hydrogen) atoms. The van der Waals surface area contributed by atoms with Crippen LogP contribution >= 0.6 is 0 Å². The second-order valence-corrected chi connectivity index (χ2v) is 5.03. The third-order valence-corrected chi connectivity index (χ3v) is 3.57. The minimum Gasteiger partial charge on any atom is -0.381 e. The number of halogens is 2. The van der Waals surface area contributed by atoms with Crippen molar-refractivity contribution >= 4 is 5.69 Å². The first-order valence-corrected chi connectivity index (χ1v) is 6.88. The molecule has 0 heterocycles. The lowest BCUT2D eigenvalue weighted by Crippen LogP contribution is -2.01. The molecule has 2 rings (SSSR count). The van der Waals surface area contributed by atoms with Crippen molar-refractivity contribution in [1.82, 2.24) is 0 Å². The highest BCUT2D eigenvalue weighted by Crippen LogP contribution is 2.20. The molecule has 0 spiro atoms. The van der Waals surface area contributed by atoms with Crippen molar-refractivity contribution in [2.24, 2.45) is 0 Å². The Morgan fingerprint density at radius 2 is 1.70 bits per heavy atom. The van der Waals surface area contributed by atoms with Crippen LogP contribution in [0.5, 0.6) is 0 Å². The largest absolute Gasteiger partial charge is 0.381 e. The Bertz CT molecular complexity index is 564. The number of nitrogens with one attached hydrogen (secondary N) is 1. The molecule has 0 bridgehead atoms. The van der Waals surface area contributed by atoms with E-state index in [-0.39, 0.29) is 0 Å². The molecule has 0 aliphatic carbocycles. The van der Waals surface area contributed by atoms with E-state index in [0.29, 0.717) is 12.5 Å². The third-order valence-electron chi connectivity index (χ3n) is 3.57. The maximum atomic E-state index is 13.1. The van der Waals surface area contributed by atoms with Crippen LogP contribution in [0.3, 0.4) is 0 Å². The highest BCUT2D eigenvalue weighted by atomic mass is 19.2. The molecule has 1 N–H and O–H groups in total. The molecule has 0 aromatic heterocycles. The van der Waals surface area contributed by atoms with E-state index >= 15 is 0 Å². The molecule has 0 saturated carbocycles. The predicted molar refractivity (Wildman–Crippen MR) is 78.8 cm³/mol. The van der Waals surface area contributed by atoms with E-state index in [9.17, 15) is 8.78 Å². The van der Waals surface area contributed by atoms with Gasteiger partial charge in [0.1, 0.15) is 0 Å². The lowest BCUT2D eigenvalue weighted by Gasteiger charge is -2.11. The first-order valence-electron chi connectivity index (χ1n) is 6.88. The highest BCUT2D eigenvalue weighted by Gasteiger charge is 2.04. The fourth-order valence-electron chi connectivity index (χ4n) is 2.02. The Hall–Kier alpha value is -1.90. The molecular formula is C17H19F2N. The molecular weight excluding hydrogens is 256 g/mol. The molecule has 0 amide bonds. The Labute approximate surface area is 118 Å². The smallest absolute Gasteiger partial charge is 0.159 e. The molecule has 0 saturated heterocycles. The molecule has 0 aliphatic heterocycles. The van der Waals surface area contributed by atoms with Gasteiger partial charge < -0.3 is 5.32 Å². The van der Waals surface area contributed by atoms with Gasteiger partial charge in [-0.3, -0.25) is 0 Å². The van der Waals surface area contributed by atoms with E-state index in [2.05, 4.69) is 31.3 Å². The number of hydrogen-bond donors (Lipinski definition) is 1. The summed E-state index contributed by atoms with van der Waals surface area (Å²) in [5.74, 6) is -1.07. The zero-order valence-electron chi connectivity index (χ0n) is 11.8. The van der Waals surface area contributed by atoms with Gasteiger partial charge in [-0.1, -0.05) is 32.0 Å². The Kier molecular flexibility index (Phi) is 4.72. The average Bonchev–Trinajstić information content (AvgIpc) is 2.48. The first-order chi connectivity index (χ1) is 9.60. The standard InChI is InChI=1S/C17H19F2N/c1-3-12(2)14-5-7-15(8-6-14)20-11-13-4-9-16(18)17(19)10-13/h4-10,12,20H,3,11H2,1-2H3. The van der Waals surface area contributed by atoms with Gasteiger partial charge in [0.05, 0.1) is 0 Å². The second-order valence-electron chi connectivity index (χ2n) is 5.03. The molecule has 0 fully saturated rings. The van der Waals surface area contributed by atoms with Gasteiger partial charge in [0.2, 0.25) is 0 Å². The second kappa shape index (κ2) is 6.51. The first kappa shape index (κ1) is 14.5. The number of rotatable bonds is 5. The zero-order valence-corrected chi connectivity index (χ0v) is 11.8. The average molecular weight is 275 g/mol. The summed E-state index contributed by atoms with van der Waals surface area (Å²) in [6.07, 6.45) is 1.11. The number of hydrogen-bond acceptors (Lipinski definition) is 1. The van der Waals surface area contributed by atoms with Gasteiger partial charge in [-0.25, -0.2) is 8.78 Å². The van der Waals surface area contributed by atoms with Gasteiger partial charge in [-0.2, -0.15) is 0 Å². The van der Waals surface area contributed by atoms with Crippen LogP contribution in [-0.4, -0.2) is 0 Å². The monoisotopic (exact) mass is 275 g/mol. The van der Waals surface area contributed by atoms with Crippen LogP contribution in [0.4, 0.5) is 14.5 Å². The molecule has 2 aromatic rings. The summed E-state index contributed by atoms with van der Waals surface area (Å²) in [7, 11) is 0. The SMILES string of the molecule is CCC(C)c1ccc(NCc2ccc(F)c(F)c2)cc1. The van der Waals surface area contributed by atoms with Gasteiger partial charge in [0, 0.05) is 12.2 Å². The molecule has 0 radical (unpaired) electrons. The Morgan fingerprint density at radius 3 is 2.30 bits per heavy atom. The highest BCUT2D eigenvalue weighted by molar-refractivity contribution is 5.45. The molecule has 1 atom stereocenters. The van der Waals surface area contributed by atoms with E-state index in [1.165, 1.54) is 11.6 Å². The summed E-state index contributed by atoms with van der Waals surface area (Å²) in [6.45, 7) is 4.84. The minimum atomic E-state index is -0.813. The van der Waals surface area contributed by atoms with Crippen molar-refractivity contribution in [1.29, 1.82) is 0 Å². The minimum absolute atomic E-state index is 0.472. The number of anilines is 1. The van der Waals surface area contributed by atoms with E-state index in [0.717, 1.165) is 23.7 Å². The summed E-state index contributed by atoms with van der Waals surface area (Å²) in [5, 5.41) is 3.20. The van der Waals surface area contributed by atoms with Crippen molar-refractivity contribution in [3.63, 3.8) is 0 Å². The van der Waals surface area contributed by atoms with E-state index in [1.54, 1.807) is 6.07 Å². The summed E-state index contributed by atoms with van der Waals surface area (Å²) in [6, 6.07) is 12.2. The van der Waals surface area contributed by atoms with Crippen LogP contribution in [0.15, 0.2) is 42.5 Å². The third kappa shape index (κ3) is 3.56. The molecule has 3 heteroatoms. The van der Waals surface area contributed by atoms with Gasteiger partial charge in [0.25, 0.3) is 0 Å². The van der Waals surface area contributed by atoms with Gasteiger partial charge >= 0.3 is 0 Å². The predicted octanol–water partition coefficient (Wildman–Crippen LogP) is 5.09. The number of benzene rings is 2. The van der Waals surface area contributed by atoms with Crippen LogP contribution < -0.4 is 5.32 Å². The maximum Gasteiger partial charge on any atom is 0.159 e. The van der Waals surface area contributed by atoms with E-state index < -0.39 is 11.6 Å². The topological polar surface area (TPSA) is 12.0 Å². The Balaban J connectivity index is 1.98. The Morgan fingerprint density at radius 1 is 1.00 bits per heavy atom. The quantitative estimate of drug-likeness (QED) is 0.801. The summed E-state index contributed by atoms with van der Waals surface area (Å²) >= 11 is 0. The van der Waals surface area contributed by atoms with Crippen molar-refractivity contribution < 1.29 is 8.78 Å². The van der Waals surface area contributed by atoms with Gasteiger partial charge in [0.15, 0.2) is 11.6 Å². The normalized spacial score (nSPS) is 12.2. The van der Waals surface area contributed by atoms with Crippen molar-refractivity contribution in [2.45, 2.75) is 32.7 Å². The van der Waals surface area contributed by atoms with Gasteiger partial charge in [-0.15, -0.1) is 0 Å². The lowest BCUT2D eigenvalue weighted by molar-refractivity contribution is 0.507.